The van der Waals surface area contributed by atoms with Crippen molar-refractivity contribution in [1.82, 2.24) is 4.98 Å². The fraction of sp³-hybridized carbons (Fsp3) is 0.217. The molecule has 0 radical (unpaired) electrons. The lowest BCUT2D eigenvalue weighted by atomic mass is 9.96. The number of carboxylic acids is 1. The van der Waals surface area contributed by atoms with E-state index in [1.807, 2.05) is 42.5 Å². The fourth-order valence-electron chi connectivity index (χ4n) is 2.83. The van der Waals surface area contributed by atoms with Gasteiger partial charge in [-0.25, -0.2) is 9.78 Å². The lowest BCUT2D eigenvalue weighted by Gasteiger charge is -2.17. The van der Waals surface area contributed by atoms with Crippen LogP contribution in [0.1, 0.15) is 30.8 Å². The van der Waals surface area contributed by atoms with Crippen LogP contribution in [0.5, 0.6) is 5.75 Å². The van der Waals surface area contributed by atoms with Crippen LogP contribution in [0, 0.1) is 5.92 Å². The Balaban J connectivity index is 2.09. The molecule has 0 saturated heterocycles. The summed E-state index contributed by atoms with van der Waals surface area (Å²) in [5.74, 6) is 0.124. The Morgan fingerprint density at radius 1 is 1.07 bits per heavy atom. The first-order chi connectivity index (χ1) is 13.5. The smallest absolute Gasteiger partial charge is 0.354 e. The van der Waals surface area contributed by atoms with Gasteiger partial charge in [-0.05, 0) is 41.8 Å². The van der Waals surface area contributed by atoms with Gasteiger partial charge >= 0.3 is 5.97 Å². The first kappa shape index (κ1) is 19.9. The van der Waals surface area contributed by atoms with Crippen LogP contribution in [0.15, 0.2) is 60.7 Å². The molecule has 3 rings (SSSR count). The minimum Gasteiger partial charge on any atom is -0.493 e. The highest BCUT2D eigenvalue weighted by Crippen LogP contribution is 2.38. The number of hydrogen-bond acceptors (Lipinski definition) is 3. The van der Waals surface area contributed by atoms with E-state index in [4.69, 9.17) is 16.3 Å². The Morgan fingerprint density at radius 2 is 1.82 bits per heavy atom. The number of ether oxygens (including phenoxy) is 1. The van der Waals surface area contributed by atoms with E-state index in [-0.39, 0.29) is 5.69 Å². The fourth-order valence-corrected chi connectivity index (χ4v) is 3.01. The van der Waals surface area contributed by atoms with Crippen molar-refractivity contribution in [3.63, 3.8) is 0 Å². The predicted octanol–water partition coefficient (Wildman–Crippen LogP) is 6.19. The lowest BCUT2D eigenvalue weighted by Crippen LogP contribution is -2.08. The summed E-state index contributed by atoms with van der Waals surface area (Å²) in [6, 6.07) is 18.2. The van der Waals surface area contributed by atoms with Gasteiger partial charge in [-0.15, -0.1) is 0 Å². The van der Waals surface area contributed by atoms with Crippen molar-refractivity contribution in [3.05, 3.63) is 71.4 Å². The minimum absolute atomic E-state index is 0.00615. The van der Waals surface area contributed by atoms with Gasteiger partial charge in [0, 0.05) is 16.1 Å². The zero-order valence-electron chi connectivity index (χ0n) is 15.9. The van der Waals surface area contributed by atoms with Gasteiger partial charge in [0.05, 0.1) is 12.3 Å². The third kappa shape index (κ3) is 4.52. The number of halogens is 1. The van der Waals surface area contributed by atoms with Crippen LogP contribution in [0.2, 0.25) is 5.02 Å². The molecule has 1 heterocycles. The van der Waals surface area contributed by atoms with Crippen LogP contribution in [-0.4, -0.2) is 22.7 Å². The molecule has 0 fully saturated rings. The highest BCUT2D eigenvalue weighted by Gasteiger charge is 2.15. The molecule has 0 aliphatic rings. The highest BCUT2D eigenvalue weighted by atomic mass is 35.5. The normalized spacial score (nSPS) is 11.8. The summed E-state index contributed by atoms with van der Waals surface area (Å²) in [6.45, 7) is 4.89. The molecule has 28 heavy (non-hydrogen) atoms. The van der Waals surface area contributed by atoms with Crippen molar-refractivity contribution in [2.45, 2.75) is 20.3 Å². The average Bonchev–Trinajstić information content (AvgIpc) is 2.72. The Labute approximate surface area is 169 Å². The average molecular weight is 396 g/mol. The molecule has 0 spiro atoms. The number of aromatic nitrogens is 1. The molecule has 2 aromatic carbocycles. The Kier molecular flexibility index (Phi) is 6.32. The molecule has 3 aromatic rings. The summed E-state index contributed by atoms with van der Waals surface area (Å²) in [5, 5.41) is 9.87. The van der Waals surface area contributed by atoms with Crippen LogP contribution < -0.4 is 4.74 Å². The number of carboxylic acid groups (broad SMARTS) is 1. The van der Waals surface area contributed by atoms with Gasteiger partial charge in [0.1, 0.15) is 11.4 Å². The van der Waals surface area contributed by atoms with Gasteiger partial charge in [-0.1, -0.05) is 62.2 Å². The number of pyridine rings is 1. The van der Waals surface area contributed by atoms with Crippen LogP contribution in [-0.2, 0) is 0 Å². The van der Waals surface area contributed by atoms with Crippen LogP contribution in [0.25, 0.3) is 22.4 Å². The summed E-state index contributed by atoms with van der Waals surface area (Å²) in [4.78, 5) is 15.6. The zero-order chi connectivity index (χ0) is 20.1. The molecule has 5 heteroatoms. The maximum atomic E-state index is 11.3. The molecular weight excluding hydrogens is 374 g/mol. The van der Waals surface area contributed by atoms with Gasteiger partial charge in [-0.2, -0.15) is 0 Å². The number of hydrogen-bond donors (Lipinski definition) is 1. The minimum atomic E-state index is -1.06. The van der Waals surface area contributed by atoms with Gasteiger partial charge in [-0.3, -0.25) is 0 Å². The second-order valence-electron chi connectivity index (χ2n) is 6.72. The number of aromatic carboxylic acids is 1. The van der Waals surface area contributed by atoms with E-state index in [1.54, 1.807) is 12.1 Å². The van der Waals surface area contributed by atoms with Crippen LogP contribution >= 0.6 is 11.6 Å². The van der Waals surface area contributed by atoms with Gasteiger partial charge in [0.2, 0.25) is 0 Å². The van der Waals surface area contributed by atoms with Crippen molar-refractivity contribution in [2.75, 3.05) is 6.61 Å². The molecule has 0 aliphatic carbocycles. The highest BCUT2D eigenvalue weighted by molar-refractivity contribution is 6.31. The van der Waals surface area contributed by atoms with Gasteiger partial charge in [0.15, 0.2) is 0 Å². The molecule has 1 N–H and O–H groups in total. The molecule has 0 bridgehead atoms. The van der Waals surface area contributed by atoms with E-state index in [2.05, 4.69) is 18.8 Å². The monoisotopic (exact) mass is 395 g/mol. The number of rotatable bonds is 7. The largest absolute Gasteiger partial charge is 0.493 e. The van der Waals surface area contributed by atoms with Crippen molar-refractivity contribution in [3.8, 4) is 28.1 Å². The Hall–Kier alpha value is -2.85. The predicted molar refractivity (Wildman–Crippen MR) is 112 cm³/mol. The number of carbonyl (C=O) groups is 1. The standard InChI is InChI=1S/C23H22ClNO3/c1-3-15(2)14-28-22-12-11-16(24)13-19(22)17-7-4-5-8-18(17)20-9-6-10-21(25-20)23(26)27/h4-13,15H,3,14H2,1-2H3,(H,26,27). The van der Waals surface area contributed by atoms with Gasteiger partial charge in [0.25, 0.3) is 0 Å². The van der Waals surface area contributed by atoms with Crippen LogP contribution in [0.3, 0.4) is 0 Å². The third-order valence-corrected chi connectivity index (χ3v) is 4.86. The Morgan fingerprint density at radius 3 is 2.54 bits per heavy atom. The SMILES string of the molecule is CCC(C)COc1ccc(Cl)cc1-c1ccccc1-c1cccc(C(=O)O)n1. The first-order valence-corrected chi connectivity index (χ1v) is 9.60. The maximum Gasteiger partial charge on any atom is 0.354 e. The topological polar surface area (TPSA) is 59.4 Å². The van der Waals surface area contributed by atoms with Crippen molar-refractivity contribution < 1.29 is 14.6 Å². The van der Waals surface area contributed by atoms with E-state index < -0.39 is 5.97 Å². The van der Waals surface area contributed by atoms with Crippen molar-refractivity contribution >= 4 is 17.6 Å². The molecule has 0 amide bonds. The third-order valence-electron chi connectivity index (χ3n) is 4.62. The maximum absolute atomic E-state index is 11.3. The number of benzene rings is 2. The molecule has 1 atom stereocenters. The first-order valence-electron chi connectivity index (χ1n) is 9.22. The Bertz CT molecular complexity index is 987. The second kappa shape index (κ2) is 8.89. The summed E-state index contributed by atoms with van der Waals surface area (Å²) in [7, 11) is 0. The summed E-state index contributed by atoms with van der Waals surface area (Å²) < 4.78 is 6.08. The number of nitrogens with zero attached hydrogens (tertiary/aromatic N) is 1. The lowest BCUT2D eigenvalue weighted by molar-refractivity contribution is 0.0690. The van der Waals surface area contributed by atoms with E-state index in [1.165, 1.54) is 6.07 Å². The quantitative estimate of drug-likeness (QED) is 0.518. The molecule has 1 aromatic heterocycles. The molecule has 0 aliphatic heterocycles. The van der Waals surface area contributed by atoms with E-state index in [9.17, 15) is 9.90 Å². The second-order valence-corrected chi connectivity index (χ2v) is 7.16. The van der Waals surface area contributed by atoms with E-state index >= 15 is 0 Å². The van der Waals surface area contributed by atoms with Crippen molar-refractivity contribution in [2.24, 2.45) is 5.92 Å². The molecule has 0 saturated carbocycles. The molecule has 4 nitrogen and oxygen atoms in total. The molecule has 144 valence electrons. The zero-order valence-corrected chi connectivity index (χ0v) is 16.6. The van der Waals surface area contributed by atoms with Gasteiger partial charge < -0.3 is 9.84 Å². The summed E-state index contributed by atoms with van der Waals surface area (Å²) in [5.41, 5.74) is 3.16. The molecule has 1 unspecified atom stereocenters. The molecular formula is C23H22ClNO3. The van der Waals surface area contributed by atoms with E-state index in [0.717, 1.165) is 28.9 Å². The van der Waals surface area contributed by atoms with E-state index in [0.29, 0.717) is 23.2 Å². The van der Waals surface area contributed by atoms with Crippen molar-refractivity contribution in [1.29, 1.82) is 0 Å². The summed E-state index contributed by atoms with van der Waals surface area (Å²) >= 11 is 6.27. The van der Waals surface area contributed by atoms with Crippen LogP contribution in [0.4, 0.5) is 0 Å². The summed E-state index contributed by atoms with van der Waals surface area (Å²) in [6.07, 6.45) is 1.03.